The summed E-state index contributed by atoms with van der Waals surface area (Å²) in [5, 5.41) is 57.3. The van der Waals surface area contributed by atoms with Gasteiger partial charge in [-0.05, 0) is 116 Å². The van der Waals surface area contributed by atoms with Crippen molar-refractivity contribution < 1.29 is 49.3 Å². The van der Waals surface area contributed by atoms with Crippen molar-refractivity contribution in [2.75, 3.05) is 13.2 Å². The first-order valence-corrected chi connectivity index (χ1v) is 36.3. The minimum Gasteiger partial charge on any atom is -0.454 e. The van der Waals surface area contributed by atoms with Crippen LogP contribution in [0.1, 0.15) is 297 Å². The lowest BCUT2D eigenvalue weighted by molar-refractivity contribution is -0.305. The van der Waals surface area contributed by atoms with Gasteiger partial charge in [-0.2, -0.15) is 0 Å². The van der Waals surface area contributed by atoms with E-state index in [1.54, 1.807) is 6.08 Å². The number of hydrogen-bond acceptors (Lipinski definition) is 10. The summed E-state index contributed by atoms with van der Waals surface area (Å²) in [5.74, 6) is -1.21. The van der Waals surface area contributed by atoms with Gasteiger partial charge in [-0.25, -0.2) is 0 Å². The highest BCUT2D eigenvalue weighted by molar-refractivity contribution is 5.80. The van der Waals surface area contributed by atoms with Crippen LogP contribution in [-0.2, 0) is 23.8 Å². The van der Waals surface area contributed by atoms with Crippen molar-refractivity contribution in [1.29, 1.82) is 0 Å². The number of aliphatic hydroxyl groups is 5. The van der Waals surface area contributed by atoms with Gasteiger partial charge in [0.25, 0.3) is 0 Å². The SMILES string of the molecule is CC/C=C\C/C=C\C/C=C\C/C=C\C/C=C\C/C=C\CCCCCCCCCCC(=O)OC1C(OCC(NC(=O)C(O)CCCCCCCCCCC/C=C\C/C=C\C/C=C\CCCCC)C(O)/C=C/CCCCCCCCCCC)OC(CO)C(O)C1O. The number of unbranched alkanes of at least 4 members (excludes halogenated alkanes) is 29. The van der Waals surface area contributed by atoms with Gasteiger partial charge in [-0.3, -0.25) is 9.59 Å². The molecule has 1 saturated heterocycles. The predicted molar refractivity (Wildman–Crippen MR) is 374 cm³/mol. The van der Waals surface area contributed by atoms with Crippen molar-refractivity contribution in [3.63, 3.8) is 0 Å². The molecule has 0 aliphatic carbocycles. The second-order valence-electron chi connectivity index (χ2n) is 24.6. The third-order valence-corrected chi connectivity index (χ3v) is 16.3. The molecule has 1 aliphatic rings. The van der Waals surface area contributed by atoms with E-state index in [2.05, 4.69) is 135 Å². The third kappa shape index (κ3) is 51.3. The molecule has 11 heteroatoms. The number of carbonyl (C=O) groups is 2. The Morgan fingerprint density at radius 1 is 0.449 bits per heavy atom. The Hall–Kier alpha value is -3.94. The van der Waals surface area contributed by atoms with Crippen LogP contribution < -0.4 is 5.32 Å². The fourth-order valence-electron chi connectivity index (χ4n) is 10.7. The minimum atomic E-state index is -1.63. The van der Waals surface area contributed by atoms with Gasteiger partial charge in [0.15, 0.2) is 12.4 Å². The van der Waals surface area contributed by atoms with Crippen molar-refractivity contribution in [2.24, 2.45) is 0 Å². The molecule has 6 N–H and O–H groups in total. The smallest absolute Gasteiger partial charge is 0.306 e. The molecule has 89 heavy (non-hydrogen) atoms. The molecule has 0 aromatic rings. The van der Waals surface area contributed by atoms with E-state index in [1.807, 2.05) is 6.08 Å². The molecule has 8 atom stereocenters. The first kappa shape index (κ1) is 83.1. The van der Waals surface area contributed by atoms with Crippen LogP contribution in [0.25, 0.3) is 0 Å². The van der Waals surface area contributed by atoms with Gasteiger partial charge in [-0.15, -0.1) is 0 Å². The summed E-state index contributed by atoms with van der Waals surface area (Å²) < 4.78 is 17.7. The van der Waals surface area contributed by atoms with Crippen LogP contribution in [0.3, 0.4) is 0 Å². The molecule has 0 aromatic heterocycles. The maximum Gasteiger partial charge on any atom is 0.306 e. The van der Waals surface area contributed by atoms with Gasteiger partial charge in [0, 0.05) is 6.42 Å². The average molecular weight is 1240 g/mol. The van der Waals surface area contributed by atoms with Crippen LogP contribution in [0.5, 0.6) is 0 Å². The topological polar surface area (TPSA) is 175 Å². The minimum absolute atomic E-state index is 0.107. The van der Waals surface area contributed by atoms with Crippen LogP contribution in [0.4, 0.5) is 0 Å². The zero-order valence-corrected chi connectivity index (χ0v) is 56.8. The molecule has 0 spiro atoms. The zero-order chi connectivity index (χ0) is 64.6. The number of rotatable bonds is 61. The molecule has 1 amide bonds. The summed E-state index contributed by atoms with van der Waals surface area (Å²) in [5.41, 5.74) is 0. The van der Waals surface area contributed by atoms with E-state index in [9.17, 15) is 35.1 Å². The molecule has 0 radical (unpaired) electrons. The maximum atomic E-state index is 13.5. The van der Waals surface area contributed by atoms with E-state index >= 15 is 0 Å². The lowest BCUT2D eigenvalue weighted by Crippen LogP contribution is -2.61. The fourth-order valence-corrected chi connectivity index (χ4v) is 10.7. The zero-order valence-electron chi connectivity index (χ0n) is 56.8. The van der Waals surface area contributed by atoms with E-state index in [1.165, 1.54) is 122 Å². The number of allylic oxidation sites excluding steroid dienone is 19. The van der Waals surface area contributed by atoms with Crippen molar-refractivity contribution in [3.8, 4) is 0 Å². The van der Waals surface area contributed by atoms with Gasteiger partial charge >= 0.3 is 5.97 Å². The Morgan fingerprint density at radius 3 is 1.24 bits per heavy atom. The van der Waals surface area contributed by atoms with Crippen LogP contribution in [-0.4, -0.2) is 99.6 Å². The maximum absolute atomic E-state index is 13.5. The highest BCUT2D eigenvalue weighted by atomic mass is 16.7. The summed E-state index contributed by atoms with van der Waals surface area (Å²) in [6.45, 7) is 5.65. The number of carbonyl (C=O) groups excluding carboxylic acids is 2. The Morgan fingerprint density at radius 2 is 0.809 bits per heavy atom. The summed E-state index contributed by atoms with van der Waals surface area (Å²) >= 11 is 0. The molecule has 1 aliphatic heterocycles. The van der Waals surface area contributed by atoms with E-state index < -0.39 is 67.4 Å². The highest BCUT2D eigenvalue weighted by Gasteiger charge is 2.47. The highest BCUT2D eigenvalue weighted by Crippen LogP contribution is 2.26. The summed E-state index contributed by atoms with van der Waals surface area (Å²) in [4.78, 5) is 26.7. The lowest BCUT2D eigenvalue weighted by atomic mass is 9.99. The molecule has 8 unspecified atom stereocenters. The second-order valence-corrected chi connectivity index (χ2v) is 24.6. The van der Waals surface area contributed by atoms with Crippen molar-refractivity contribution in [3.05, 3.63) is 122 Å². The normalized spacial score (nSPS) is 18.9. The van der Waals surface area contributed by atoms with Crippen LogP contribution in [0.2, 0.25) is 0 Å². The van der Waals surface area contributed by atoms with Gasteiger partial charge in [-0.1, -0.05) is 296 Å². The molecule has 1 fully saturated rings. The number of amides is 1. The van der Waals surface area contributed by atoms with E-state index in [4.69, 9.17) is 14.2 Å². The lowest BCUT2D eigenvalue weighted by Gasteiger charge is -2.41. The average Bonchev–Trinajstić information content (AvgIpc) is 1.43. The van der Waals surface area contributed by atoms with Crippen LogP contribution in [0.15, 0.2) is 122 Å². The largest absolute Gasteiger partial charge is 0.454 e. The Bertz CT molecular complexity index is 1920. The number of esters is 1. The Kier molecular flexibility index (Phi) is 59.9. The first-order chi connectivity index (χ1) is 43.7. The number of ether oxygens (including phenoxy) is 3. The summed E-state index contributed by atoms with van der Waals surface area (Å²) in [7, 11) is 0. The first-order valence-electron chi connectivity index (χ1n) is 36.3. The molecular weight excluding hydrogens is 1110 g/mol. The second kappa shape index (κ2) is 64.2. The van der Waals surface area contributed by atoms with Gasteiger partial charge in [0.1, 0.15) is 24.4 Å². The van der Waals surface area contributed by atoms with Crippen LogP contribution in [0, 0.1) is 0 Å². The number of hydrogen-bond donors (Lipinski definition) is 6. The van der Waals surface area contributed by atoms with Gasteiger partial charge in [0.05, 0.1) is 25.4 Å². The molecule has 11 nitrogen and oxygen atoms in total. The quantitative estimate of drug-likeness (QED) is 0.0195. The summed E-state index contributed by atoms with van der Waals surface area (Å²) in [6, 6.07) is -1.04. The van der Waals surface area contributed by atoms with Crippen molar-refractivity contribution in [1.82, 2.24) is 5.32 Å². The summed E-state index contributed by atoms with van der Waals surface area (Å²) in [6.07, 6.45) is 79.5. The molecule has 0 bridgehead atoms. The Balaban J connectivity index is 2.55. The van der Waals surface area contributed by atoms with E-state index in [0.717, 1.165) is 128 Å². The Labute approximate surface area is 544 Å². The standard InChI is InChI=1S/C78H133NO10/c1-4-7-10-13-16-19-22-24-26-28-30-32-34-35-36-37-38-40-42-44-46-48-51-54-57-60-63-66-73(83)89-76-75(85)74(84)72(67-80)88-78(76)87-68-69(70(81)64-61-58-55-52-49-21-18-15-12-9-6-3)79-77(86)71(82)65-62-59-56-53-50-47-45-43-41-39-33-31-29-27-25-23-20-17-14-11-8-5-2/h7,10,16-17,19-20,24-27,30-33,35-36,38,40,61,64,69-72,74-76,78,80-82,84-85H,4-6,8-9,11-15,18,21-23,28-29,34,37,39,41-60,62-63,65-68H2,1-3H3,(H,79,86)/b10-7-,19-16-,20-17-,26-24-,27-25-,32-30-,33-31-,36-35-,40-38-,64-61+. The molecular formula is C78H133NO10. The third-order valence-electron chi connectivity index (χ3n) is 16.3. The number of nitrogens with one attached hydrogen (secondary N) is 1. The molecule has 1 rings (SSSR count). The van der Waals surface area contributed by atoms with Gasteiger partial charge < -0.3 is 45.1 Å². The fraction of sp³-hybridized carbons (Fsp3) is 0.718. The van der Waals surface area contributed by atoms with Gasteiger partial charge in [0.2, 0.25) is 5.91 Å². The van der Waals surface area contributed by atoms with Crippen molar-refractivity contribution in [2.45, 2.75) is 346 Å². The predicted octanol–water partition coefficient (Wildman–Crippen LogP) is 19.0. The molecule has 0 saturated carbocycles. The number of aliphatic hydroxyl groups excluding tert-OH is 5. The molecule has 510 valence electrons. The molecule has 1 heterocycles. The van der Waals surface area contributed by atoms with E-state index in [0.29, 0.717) is 12.8 Å². The van der Waals surface area contributed by atoms with E-state index in [-0.39, 0.29) is 19.4 Å². The van der Waals surface area contributed by atoms with Crippen molar-refractivity contribution >= 4 is 11.9 Å². The van der Waals surface area contributed by atoms with Crippen LogP contribution >= 0.6 is 0 Å². The monoisotopic (exact) mass is 1240 g/mol. The molecule has 0 aromatic carbocycles.